The van der Waals surface area contributed by atoms with Crippen LogP contribution >= 0.6 is 0 Å². The van der Waals surface area contributed by atoms with Crippen LogP contribution in [0, 0.1) is 6.92 Å². The van der Waals surface area contributed by atoms with Crippen molar-refractivity contribution in [3.05, 3.63) is 42.0 Å². The molecule has 0 radical (unpaired) electrons. The summed E-state index contributed by atoms with van der Waals surface area (Å²) in [6.07, 6.45) is 2.27. The highest BCUT2D eigenvalue weighted by molar-refractivity contribution is 7.89. The van der Waals surface area contributed by atoms with Gasteiger partial charge in [0, 0.05) is 11.9 Å². The van der Waals surface area contributed by atoms with Crippen LogP contribution in [-0.4, -0.2) is 34.3 Å². The van der Waals surface area contributed by atoms with Crippen molar-refractivity contribution in [3.8, 4) is 0 Å². The number of carboxylic acids is 1. The number of rotatable bonds is 6. The van der Waals surface area contributed by atoms with E-state index in [-0.39, 0.29) is 11.4 Å². The minimum Gasteiger partial charge on any atom is -0.480 e. The molecule has 2 aromatic rings. The van der Waals surface area contributed by atoms with Gasteiger partial charge in [-0.25, -0.2) is 13.1 Å². The molecule has 0 bridgehead atoms. The van der Waals surface area contributed by atoms with Gasteiger partial charge in [-0.3, -0.25) is 14.5 Å². The number of carbonyl (C=O) groups is 1. The zero-order chi connectivity index (χ0) is 15.5. The fraction of sp³-hybridized carbons (Fsp3) is 0.250. The van der Waals surface area contributed by atoms with Crippen LogP contribution in [-0.2, 0) is 27.9 Å². The molecule has 0 aliphatic heterocycles. The smallest absolute Gasteiger partial charge is 0.325 e. The normalized spacial score (nSPS) is 11.5. The van der Waals surface area contributed by atoms with Crippen LogP contribution in [0.25, 0.3) is 0 Å². The Balaban J connectivity index is 2.08. The van der Waals surface area contributed by atoms with Crippen LogP contribution in [0.4, 0.5) is 0 Å². The molecular weight excluding hydrogens is 296 g/mol. The van der Waals surface area contributed by atoms with E-state index in [1.165, 1.54) is 6.20 Å². The van der Waals surface area contributed by atoms with Crippen LogP contribution in [0.3, 0.4) is 0 Å². The first-order valence-corrected chi connectivity index (χ1v) is 7.51. The third-order valence-electron chi connectivity index (χ3n) is 2.61. The number of aromatic nitrogens is 3. The van der Waals surface area contributed by atoms with Crippen LogP contribution in [0.15, 0.2) is 35.5 Å². The molecule has 21 heavy (non-hydrogen) atoms. The first-order chi connectivity index (χ1) is 9.87. The average molecular weight is 310 g/mol. The van der Waals surface area contributed by atoms with Gasteiger partial charge in [0.2, 0.25) is 10.0 Å². The molecule has 0 atom stereocenters. The minimum atomic E-state index is -3.75. The SMILES string of the molecule is Cc1cccc(CNS(=O)(=O)c2cnn(CC(=O)O)c2)n1. The number of aliphatic carboxylic acids is 1. The molecule has 0 saturated carbocycles. The lowest BCUT2D eigenvalue weighted by molar-refractivity contribution is -0.137. The first kappa shape index (κ1) is 15.1. The second-order valence-electron chi connectivity index (χ2n) is 4.36. The molecule has 0 aliphatic rings. The lowest BCUT2D eigenvalue weighted by Gasteiger charge is -2.04. The van der Waals surface area contributed by atoms with Crippen molar-refractivity contribution in [1.29, 1.82) is 0 Å². The number of carboxylic acid groups (broad SMARTS) is 1. The Morgan fingerprint density at radius 2 is 2.19 bits per heavy atom. The van der Waals surface area contributed by atoms with E-state index in [4.69, 9.17) is 5.11 Å². The molecule has 2 N–H and O–H groups in total. The van der Waals surface area contributed by atoms with E-state index in [9.17, 15) is 13.2 Å². The maximum atomic E-state index is 12.0. The van der Waals surface area contributed by atoms with Gasteiger partial charge >= 0.3 is 5.97 Å². The van der Waals surface area contributed by atoms with Gasteiger partial charge in [0.1, 0.15) is 11.4 Å². The number of nitrogens with zero attached hydrogens (tertiary/aromatic N) is 3. The summed E-state index contributed by atoms with van der Waals surface area (Å²) in [5, 5.41) is 12.3. The highest BCUT2D eigenvalue weighted by atomic mass is 32.2. The Labute approximate surface area is 121 Å². The zero-order valence-corrected chi connectivity index (χ0v) is 12.0. The highest BCUT2D eigenvalue weighted by Crippen LogP contribution is 2.08. The molecule has 0 fully saturated rings. The van der Waals surface area contributed by atoms with Crippen molar-refractivity contribution >= 4 is 16.0 Å². The number of nitrogens with one attached hydrogen (secondary N) is 1. The van der Waals surface area contributed by atoms with E-state index in [2.05, 4.69) is 14.8 Å². The number of hydrogen-bond donors (Lipinski definition) is 2. The van der Waals surface area contributed by atoms with Crippen molar-refractivity contribution in [2.45, 2.75) is 24.9 Å². The number of pyridine rings is 1. The third-order valence-corrected chi connectivity index (χ3v) is 3.96. The van der Waals surface area contributed by atoms with E-state index in [1.54, 1.807) is 12.1 Å². The van der Waals surface area contributed by atoms with E-state index in [1.807, 2.05) is 13.0 Å². The summed E-state index contributed by atoms with van der Waals surface area (Å²) in [7, 11) is -3.75. The fourth-order valence-corrected chi connectivity index (χ4v) is 2.61. The van der Waals surface area contributed by atoms with Gasteiger partial charge in [0.15, 0.2) is 0 Å². The van der Waals surface area contributed by atoms with Gasteiger partial charge in [0.25, 0.3) is 0 Å². The number of sulfonamides is 1. The largest absolute Gasteiger partial charge is 0.480 e. The van der Waals surface area contributed by atoms with Crippen LogP contribution in [0.1, 0.15) is 11.4 Å². The van der Waals surface area contributed by atoms with Gasteiger partial charge in [-0.05, 0) is 19.1 Å². The summed E-state index contributed by atoms with van der Waals surface area (Å²) in [5.41, 5.74) is 1.39. The summed E-state index contributed by atoms with van der Waals surface area (Å²) < 4.78 is 27.5. The first-order valence-electron chi connectivity index (χ1n) is 6.03. The predicted octanol–water partition coefficient (Wildman–Crippen LogP) is 0.150. The molecule has 112 valence electrons. The quantitative estimate of drug-likeness (QED) is 0.785. The number of hydrogen-bond acceptors (Lipinski definition) is 5. The maximum absolute atomic E-state index is 12.0. The Bertz CT molecular complexity index is 754. The van der Waals surface area contributed by atoms with Gasteiger partial charge in [0.05, 0.1) is 18.4 Å². The van der Waals surface area contributed by atoms with Crippen LogP contribution in [0.2, 0.25) is 0 Å². The second kappa shape index (κ2) is 6.02. The second-order valence-corrected chi connectivity index (χ2v) is 6.13. The zero-order valence-electron chi connectivity index (χ0n) is 11.2. The van der Waals surface area contributed by atoms with Gasteiger partial charge < -0.3 is 5.11 Å². The molecule has 0 saturated heterocycles. The summed E-state index contributed by atoms with van der Waals surface area (Å²) in [5.74, 6) is -1.10. The maximum Gasteiger partial charge on any atom is 0.325 e. The Morgan fingerprint density at radius 3 is 2.86 bits per heavy atom. The lowest BCUT2D eigenvalue weighted by Crippen LogP contribution is -2.23. The molecule has 2 rings (SSSR count). The van der Waals surface area contributed by atoms with Crippen molar-refractivity contribution in [3.63, 3.8) is 0 Å². The molecular formula is C12H14N4O4S. The van der Waals surface area contributed by atoms with Crippen LogP contribution in [0.5, 0.6) is 0 Å². The van der Waals surface area contributed by atoms with Crippen molar-refractivity contribution in [2.24, 2.45) is 0 Å². The summed E-state index contributed by atoms with van der Waals surface area (Å²) in [6, 6.07) is 5.31. The highest BCUT2D eigenvalue weighted by Gasteiger charge is 2.17. The summed E-state index contributed by atoms with van der Waals surface area (Å²) in [6.45, 7) is 1.47. The van der Waals surface area contributed by atoms with E-state index < -0.39 is 22.5 Å². The van der Waals surface area contributed by atoms with E-state index in [0.29, 0.717) is 5.69 Å². The van der Waals surface area contributed by atoms with Crippen molar-refractivity contribution < 1.29 is 18.3 Å². The molecule has 2 aromatic heterocycles. The molecule has 0 unspecified atom stereocenters. The molecule has 0 spiro atoms. The van der Waals surface area contributed by atoms with Crippen molar-refractivity contribution in [1.82, 2.24) is 19.5 Å². The van der Waals surface area contributed by atoms with E-state index >= 15 is 0 Å². The molecule has 8 nitrogen and oxygen atoms in total. The Kier molecular flexibility index (Phi) is 4.34. The third kappa shape index (κ3) is 4.10. The van der Waals surface area contributed by atoms with E-state index in [0.717, 1.165) is 16.6 Å². The molecule has 9 heteroatoms. The summed E-state index contributed by atoms with van der Waals surface area (Å²) in [4.78, 5) is 14.6. The molecule has 0 aromatic carbocycles. The van der Waals surface area contributed by atoms with Crippen molar-refractivity contribution in [2.75, 3.05) is 0 Å². The average Bonchev–Trinajstić information content (AvgIpc) is 2.85. The predicted molar refractivity (Wildman–Crippen MR) is 72.9 cm³/mol. The van der Waals surface area contributed by atoms with Gasteiger partial charge in [-0.2, -0.15) is 5.10 Å². The minimum absolute atomic E-state index is 0.0497. The van der Waals surface area contributed by atoms with Gasteiger partial charge in [-0.1, -0.05) is 6.07 Å². The topological polar surface area (TPSA) is 114 Å². The molecule has 0 amide bonds. The fourth-order valence-electron chi connectivity index (χ4n) is 1.66. The van der Waals surface area contributed by atoms with Gasteiger partial charge in [-0.15, -0.1) is 0 Å². The monoisotopic (exact) mass is 310 g/mol. The van der Waals surface area contributed by atoms with Crippen LogP contribution < -0.4 is 4.72 Å². The molecule has 0 aliphatic carbocycles. The Hall–Kier alpha value is -2.26. The Morgan fingerprint density at radius 1 is 1.43 bits per heavy atom. The molecule has 2 heterocycles. The summed E-state index contributed by atoms with van der Waals surface area (Å²) >= 11 is 0. The number of aryl methyl sites for hydroxylation is 1. The standard InChI is InChI=1S/C12H14N4O4S/c1-9-3-2-4-10(15-9)5-14-21(19,20)11-6-13-16(7-11)8-12(17)18/h2-4,6-7,14H,5,8H2,1H3,(H,17,18). The lowest BCUT2D eigenvalue weighted by atomic mass is 10.3.